The van der Waals surface area contributed by atoms with Crippen molar-refractivity contribution in [2.45, 2.75) is 6.92 Å². The summed E-state index contributed by atoms with van der Waals surface area (Å²) in [5, 5.41) is 9.51. The van der Waals surface area contributed by atoms with Crippen LogP contribution in [0.2, 0.25) is 0 Å². The van der Waals surface area contributed by atoms with Crippen molar-refractivity contribution in [2.75, 3.05) is 6.54 Å². The van der Waals surface area contributed by atoms with E-state index >= 15 is 0 Å². The molecule has 1 aliphatic rings. The van der Waals surface area contributed by atoms with Crippen LogP contribution < -0.4 is 0 Å². The van der Waals surface area contributed by atoms with Gasteiger partial charge in [-0.15, -0.1) is 0 Å². The number of furan rings is 1. The second-order valence-electron chi connectivity index (χ2n) is 5.30. The van der Waals surface area contributed by atoms with Gasteiger partial charge < -0.3 is 9.52 Å². The number of carboxylic acid groups (broad SMARTS) is 1. The van der Waals surface area contributed by atoms with Crippen LogP contribution in [0.1, 0.15) is 23.0 Å². The highest BCUT2D eigenvalue weighted by Crippen LogP contribution is 2.32. The first kappa shape index (κ1) is 17.8. The molecule has 1 fully saturated rings. The van der Waals surface area contributed by atoms with E-state index in [4.69, 9.17) is 9.52 Å². The molecule has 7 heteroatoms. The molecule has 0 atom stereocenters. The summed E-state index contributed by atoms with van der Waals surface area (Å²) in [6.45, 7) is 2.38. The van der Waals surface area contributed by atoms with Crippen molar-refractivity contribution >= 4 is 40.6 Å². The SMILES string of the molecule is CCN1C(=O)C(=CC=Cc2ccco2)SC1=Nc1ccc(C(=O)O)cc1. The van der Waals surface area contributed by atoms with Crippen LogP contribution >= 0.6 is 11.8 Å². The predicted molar refractivity (Wildman–Crippen MR) is 101 cm³/mol. The minimum Gasteiger partial charge on any atom is -0.478 e. The Kier molecular flexibility index (Phi) is 5.38. The van der Waals surface area contributed by atoms with Gasteiger partial charge in [0.25, 0.3) is 5.91 Å². The summed E-state index contributed by atoms with van der Waals surface area (Å²) in [5.74, 6) is -0.391. The molecule has 0 aliphatic carbocycles. The Hall–Kier alpha value is -3.06. The lowest BCUT2D eigenvalue weighted by atomic mass is 10.2. The second-order valence-corrected chi connectivity index (χ2v) is 6.31. The molecule has 2 heterocycles. The van der Waals surface area contributed by atoms with Crippen molar-refractivity contribution in [1.82, 2.24) is 4.90 Å². The van der Waals surface area contributed by atoms with E-state index in [1.54, 1.807) is 47.6 Å². The van der Waals surface area contributed by atoms with E-state index in [1.165, 1.54) is 23.9 Å². The molecule has 1 aliphatic heterocycles. The molecule has 1 saturated heterocycles. The summed E-state index contributed by atoms with van der Waals surface area (Å²) in [6.07, 6.45) is 6.85. The lowest BCUT2D eigenvalue weighted by molar-refractivity contribution is -0.122. The van der Waals surface area contributed by atoms with Crippen LogP contribution in [0.5, 0.6) is 0 Å². The lowest BCUT2D eigenvalue weighted by Crippen LogP contribution is -2.28. The molecule has 6 nitrogen and oxygen atoms in total. The highest BCUT2D eigenvalue weighted by atomic mass is 32.2. The van der Waals surface area contributed by atoms with Crippen LogP contribution in [-0.4, -0.2) is 33.6 Å². The van der Waals surface area contributed by atoms with E-state index in [2.05, 4.69) is 4.99 Å². The third-order valence-electron chi connectivity index (χ3n) is 3.59. The van der Waals surface area contributed by atoms with Crippen molar-refractivity contribution in [3.05, 3.63) is 71.0 Å². The average molecular weight is 368 g/mol. The number of aromatic carboxylic acids is 1. The van der Waals surface area contributed by atoms with Crippen LogP contribution in [0.3, 0.4) is 0 Å². The number of hydrogen-bond acceptors (Lipinski definition) is 5. The number of carboxylic acids is 1. The van der Waals surface area contributed by atoms with Gasteiger partial charge in [-0.3, -0.25) is 9.69 Å². The Morgan fingerprint density at radius 3 is 2.69 bits per heavy atom. The molecule has 26 heavy (non-hydrogen) atoms. The largest absolute Gasteiger partial charge is 0.478 e. The molecule has 1 N–H and O–H groups in total. The zero-order chi connectivity index (χ0) is 18.5. The van der Waals surface area contributed by atoms with Crippen molar-refractivity contribution in [3.8, 4) is 0 Å². The second kappa shape index (κ2) is 7.88. The summed E-state index contributed by atoms with van der Waals surface area (Å²) in [7, 11) is 0. The van der Waals surface area contributed by atoms with Crippen molar-refractivity contribution in [1.29, 1.82) is 0 Å². The standard InChI is InChI=1S/C19H16N2O4S/c1-2-21-17(22)16(7-3-5-15-6-4-12-25-15)26-19(21)20-14-10-8-13(9-11-14)18(23)24/h3-12H,2H2,1H3,(H,23,24). The third-order valence-corrected chi connectivity index (χ3v) is 4.62. The van der Waals surface area contributed by atoms with Crippen LogP contribution in [-0.2, 0) is 4.79 Å². The predicted octanol–water partition coefficient (Wildman–Crippen LogP) is 4.16. The Balaban J connectivity index is 1.81. The maximum absolute atomic E-state index is 12.5. The van der Waals surface area contributed by atoms with Gasteiger partial charge in [0.1, 0.15) is 5.76 Å². The fourth-order valence-electron chi connectivity index (χ4n) is 2.29. The van der Waals surface area contributed by atoms with Crippen LogP contribution in [0.4, 0.5) is 5.69 Å². The first-order chi connectivity index (χ1) is 12.6. The minimum atomic E-state index is -0.988. The molecule has 1 aromatic heterocycles. The number of allylic oxidation sites excluding steroid dienone is 2. The van der Waals surface area contributed by atoms with E-state index < -0.39 is 5.97 Å². The maximum Gasteiger partial charge on any atom is 0.335 e. The highest BCUT2D eigenvalue weighted by Gasteiger charge is 2.31. The Bertz CT molecular complexity index is 896. The zero-order valence-corrected chi connectivity index (χ0v) is 14.8. The van der Waals surface area contributed by atoms with Crippen LogP contribution in [0.15, 0.2) is 69.1 Å². The van der Waals surface area contributed by atoms with Crippen molar-refractivity contribution in [3.63, 3.8) is 0 Å². The number of aliphatic imine (C=N–C) groups is 1. The van der Waals surface area contributed by atoms with Gasteiger partial charge in [0.05, 0.1) is 22.4 Å². The quantitative estimate of drug-likeness (QED) is 0.801. The normalized spacial score (nSPS) is 17.7. The first-order valence-corrected chi connectivity index (χ1v) is 8.73. The van der Waals surface area contributed by atoms with Gasteiger partial charge in [0.2, 0.25) is 0 Å². The smallest absolute Gasteiger partial charge is 0.335 e. The maximum atomic E-state index is 12.5. The number of carbonyl (C=O) groups excluding carboxylic acids is 1. The van der Waals surface area contributed by atoms with E-state index in [9.17, 15) is 9.59 Å². The van der Waals surface area contributed by atoms with Gasteiger partial charge in [-0.05, 0) is 67.2 Å². The summed E-state index contributed by atoms with van der Waals surface area (Å²) in [6, 6.07) is 9.83. The zero-order valence-electron chi connectivity index (χ0n) is 14.0. The monoisotopic (exact) mass is 368 g/mol. The molecular weight excluding hydrogens is 352 g/mol. The number of amides is 1. The number of hydrogen-bond donors (Lipinski definition) is 1. The summed E-state index contributed by atoms with van der Waals surface area (Å²) >= 11 is 1.28. The molecule has 132 valence electrons. The molecule has 1 aromatic carbocycles. The Morgan fingerprint density at radius 1 is 1.31 bits per heavy atom. The topological polar surface area (TPSA) is 83.1 Å². The third kappa shape index (κ3) is 3.94. The van der Waals surface area contributed by atoms with E-state index in [0.29, 0.717) is 28.1 Å². The van der Waals surface area contributed by atoms with Crippen molar-refractivity contribution < 1.29 is 19.1 Å². The van der Waals surface area contributed by atoms with E-state index in [-0.39, 0.29) is 11.5 Å². The number of nitrogens with zero attached hydrogens (tertiary/aromatic N) is 2. The molecule has 3 rings (SSSR count). The number of amidine groups is 1. The first-order valence-electron chi connectivity index (χ1n) is 7.92. The number of likely N-dealkylation sites (N-methyl/N-ethyl adjacent to an activating group) is 1. The summed E-state index contributed by atoms with van der Waals surface area (Å²) in [4.78, 5) is 30.0. The summed E-state index contributed by atoms with van der Waals surface area (Å²) < 4.78 is 5.21. The molecule has 0 radical (unpaired) electrons. The highest BCUT2D eigenvalue weighted by molar-refractivity contribution is 8.18. The van der Waals surface area contributed by atoms with Gasteiger partial charge in [0, 0.05) is 6.54 Å². The van der Waals surface area contributed by atoms with Crippen LogP contribution in [0.25, 0.3) is 6.08 Å². The minimum absolute atomic E-state index is 0.109. The van der Waals surface area contributed by atoms with Crippen LogP contribution in [0, 0.1) is 0 Å². The molecule has 0 unspecified atom stereocenters. The number of thioether (sulfide) groups is 1. The van der Waals surface area contributed by atoms with Gasteiger partial charge in [-0.1, -0.05) is 6.08 Å². The fraction of sp³-hybridized carbons (Fsp3) is 0.105. The average Bonchev–Trinajstić information content (AvgIpc) is 3.24. The molecule has 0 spiro atoms. The van der Waals surface area contributed by atoms with Gasteiger partial charge in [-0.25, -0.2) is 9.79 Å². The Morgan fingerprint density at radius 2 is 2.08 bits per heavy atom. The van der Waals surface area contributed by atoms with Crippen molar-refractivity contribution in [2.24, 2.45) is 4.99 Å². The molecular formula is C19H16N2O4S. The van der Waals surface area contributed by atoms with Gasteiger partial charge in [0.15, 0.2) is 5.17 Å². The molecule has 0 saturated carbocycles. The lowest BCUT2D eigenvalue weighted by Gasteiger charge is -2.11. The number of benzene rings is 1. The molecule has 0 bridgehead atoms. The van der Waals surface area contributed by atoms with Gasteiger partial charge in [-0.2, -0.15) is 0 Å². The molecule has 1 amide bonds. The molecule has 2 aromatic rings. The number of carbonyl (C=O) groups is 2. The Labute approximate surface area is 154 Å². The van der Waals surface area contributed by atoms with E-state index in [1.807, 2.05) is 13.0 Å². The van der Waals surface area contributed by atoms with Gasteiger partial charge >= 0.3 is 5.97 Å². The van der Waals surface area contributed by atoms with E-state index in [0.717, 1.165) is 0 Å². The summed E-state index contributed by atoms with van der Waals surface area (Å²) in [5.41, 5.74) is 0.788. The number of rotatable bonds is 5. The fourth-order valence-corrected chi connectivity index (χ4v) is 3.30.